The summed E-state index contributed by atoms with van der Waals surface area (Å²) in [5, 5.41) is 13.0. The van der Waals surface area contributed by atoms with Crippen LogP contribution < -0.4 is 4.90 Å². The highest BCUT2D eigenvalue weighted by Crippen LogP contribution is 2.39. The summed E-state index contributed by atoms with van der Waals surface area (Å²) >= 11 is 1.68. The van der Waals surface area contributed by atoms with Crippen molar-refractivity contribution in [2.75, 3.05) is 11.5 Å². The third-order valence-electron chi connectivity index (χ3n) is 3.83. The van der Waals surface area contributed by atoms with Crippen LogP contribution in [0.2, 0.25) is 0 Å². The standard InChI is InChI=1S/C15H18N2OS/c1-11-16-13(9-19-11)8-17-14-6-4-3-5-12(14)7-15(17,2)10-18/h3-6,9,18H,7-8,10H2,1-2H3. The van der Waals surface area contributed by atoms with Crippen LogP contribution in [0.1, 0.15) is 23.2 Å². The number of thiazole rings is 1. The summed E-state index contributed by atoms with van der Waals surface area (Å²) < 4.78 is 0. The van der Waals surface area contributed by atoms with Gasteiger partial charge in [-0.25, -0.2) is 4.98 Å². The second kappa shape index (κ2) is 4.62. The molecular weight excluding hydrogens is 256 g/mol. The van der Waals surface area contributed by atoms with Crippen molar-refractivity contribution in [1.82, 2.24) is 4.98 Å². The number of benzene rings is 1. The molecule has 0 saturated heterocycles. The average molecular weight is 274 g/mol. The number of aromatic nitrogens is 1. The van der Waals surface area contributed by atoms with Crippen LogP contribution >= 0.6 is 11.3 Å². The van der Waals surface area contributed by atoms with E-state index in [0.717, 1.165) is 23.7 Å². The fraction of sp³-hybridized carbons (Fsp3) is 0.400. The Bertz CT molecular complexity index is 595. The number of aliphatic hydroxyl groups is 1. The zero-order chi connectivity index (χ0) is 13.5. The summed E-state index contributed by atoms with van der Waals surface area (Å²) in [5.74, 6) is 0. The molecule has 0 aliphatic carbocycles. The molecule has 0 radical (unpaired) electrons. The average Bonchev–Trinajstić information content (AvgIpc) is 2.93. The highest BCUT2D eigenvalue weighted by Gasteiger charge is 2.39. The maximum absolute atomic E-state index is 9.79. The molecule has 1 aliphatic rings. The lowest BCUT2D eigenvalue weighted by Gasteiger charge is -2.35. The van der Waals surface area contributed by atoms with Crippen LogP contribution in [0.15, 0.2) is 29.6 Å². The van der Waals surface area contributed by atoms with Crippen LogP contribution in [0.5, 0.6) is 0 Å². The van der Waals surface area contributed by atoms with Crippen LogP contribution in [0.4, 0.5) is 5.69 Å². The monoisotopic (exact) mass is 274 g/mol. The molecule has 4 heteroatoms. The van der Waals surface area contributed by atoms with E-state index in [1.165, 1.54) is 11.3 Å². The molecule has 3 nitrogen and oxygen atoms in total. The minimum Gasteiger partial charge on any atom is -0.394 e. The first-order chi connectivity index (χ1) is 9.12. The van der Waals surface area contributed by atoms with Crippen molar-refractivity contribution in [3.8, 4) is 0 Å². The van der Waals surface area contributed by atoms with Gasteiger partial charge in [0, 0.05) is 11.1 Å². The molecule has 0 fully saturated rings. The molecule has 2 aromatic rings. The van der Waals surface area contributed by atoms with Crippen LogP contribution in [0.25, 0.3) is 0 Å². The Morgan fingerprint density at radius 1 is 1.42 bits per heavy atom. The highest BCUT2D eigenvalue weighted by atomic mass is 32.1. The Morgan fingerprint density at radius 2 is 2.21 bits per heavy atom. The Kier molecular flexibility index (Phi) is 3.07. The van der Waals surface area contributed by atoms with E-state index in [0.29, 0.717) is 0 Å². The molecule has 1 aliphatic heterocycles. The summed E-state index contributed by atoms with van der Waals surface area (Å²) in [7, 11) is 0. The molecule has 1 aromatic carbocycles. The molecule has 1 unspecified atom stereocenters. The molecule has 0 saturated carbocycles. The number of anilines is 1. The number of hydrogen-bond acceptors (Lipinski definition) is 4. The minimum atomic E-state index is -0.221. The number of hydrogen-bond donors (Lipinski definition) is 1. The van der Waals surface area contributed by atoms with Gasteiger partial charge in [-0.1, -0.05) is 18.2 Å². The Labute approximate surface area is 117 Å². The summed E-state index contributed by atoms with van der Waals surface area (Å²) in [6.07, 6.45) is 0.892. The largest absolute Gasteiger partial charge is 0.394 e. The van der Waals surface area contributed by atoms with Crippen molar-refractivity contribution in [2.45, 2.75) is 32.4 Å². The SMILES string of the molecule is Cc1nc(CN2c3ccccc3CC2(C)CO)cs1. The highest BCUT2D eigenvalue weighted by molar-refractivity contribution is 7.09. The Balaban J connectivity index is 1.96. The van der Waals surface area contributed by atoms with Crippen molar-refractivity contribution in [3.05, 3.63) is 45.9 Å². The van der Waals surface area contributed by atoms with Gasteiger partial charge in [-0.3, -0.25) is 0 Å². The Hall–Kier alpha value is -1.39. The van der Waals surface area contributed by atoms with Gasteiger partial charge in [-0.05, 0) is 31.9 Å². The van der Waals surface area contributed by atoms with E-state index in [4.69, 9.17) is 0 Å². The Morgan fingerprint density at radius 3 is 2.89 bits per heavy atom. The van der Waals surface area contributed by atoms with Crippen molar-refractivity contribution in [1.29, 1.82) is 0 Å². The van der Waals surface area contributed by atoms with Crippen molar-refractivity contribution >= 4 is 17.0 Å². The van der Waals surface area contributed by atoms with Crippen molar-refractivity contribution in [2.24, 2.45) is 0 Å². The summed E-state index contributed by atoms with van der Waals surface area (Å²) in [6, 6.07) is 8.40. The summed E-state index contributed by atoms with van der Waals surface area (Å²) in [6.45, 7) is 5.06. The molecule has 100 valence electrons. The second-order valence-electron chi connectivity index (χ2n) is 5.40. The fourth-order valence-electron chi connectivity index (χ4n) is 2.78. The van der Waals surface area contributed by atoms with Gasteiger partial charge in [0.1, 0.15) is 0 Å². The van der Waals surface area contributed by atoms with Gasteiger partial charge in [-0.15, -0.1) is 11.3 Å². The van der Waals surface area contributed by atoms with E-state index in [1.807, 2.05) is 6.92 Å². The van der Waals surface area contributed by atoms with Crippen molar-refractivity contribution < 1.29 is 5.11 Å². The predicted octanol–water partition coefficient (Wildman–Crippen LogP) is 2.77. The normalized spacial score (nSPS) is 21.7. The van der Waals surface area contributed by atoms with Crippen LogP contribution in [-0.4, -0.2) is 22.2 Å². The van der Waals surface area contributed by atoms with Gasteiger partial charge in [-0.2, -0.15) is 0 Å². The van der Waals surface area contributed by atoms with Gasteiger partial charge in [0.2, 0.25) is 0 Å². The lowest BCUT2D eigenvalue weighted by molar-refractivity contribution is 0.204. The molecule has 19 heavy (non-hydrogen) atoms. The second-order valence-corrected chi connectivity index (χ2v) is 6.47. The molecule has 1 atom stereocenters. The lowest BCUT2D eigenvalue weighted by Crippen LogP contribution is -2.46. The number of fused-ring (bicyclic) bond motifs is 1. The van der Waals surface area contributed by atoms with Crippen LogP contribution in [0.3, 0.4) is 0 Å². The van der Waals surface area contributed by atoms with E-state index < -0.39 is 0 Å². The zero-order valence-corrected chi connectivity index (χ0v) is 12.1. The topological polar surface area (TPSA) is 36.4 Å². The number of aliphatic hydroxyl groups excluding tert-OH is 1. The van der Waals surface area contributed by atoms with Gasteiger partial charge < -0.3 is 10.0 Å². The number of rotatable bonds is 3. The van der Waals surface area contributed by atoms with E-state index >= 15 is 0 Å². The zero-order valence-electron chi connectivity index (χ0n) is 11.3. The van der Waals surface area contributed by atoms with E-state index in [1.54, 1.807) is 11.3 Å². The first kappa shape index (κ1) is 12.6. The van der Waals surface area contributed by atoms with Crippen molar-refractivity contribution in [3.63, 3.8) is 0 Å². The molecule has 0 amide bonds. The molecule has 1 N–H and O–H groups in total. The van der Waals surface area contributed by atoms with Gasteiger partial charge in [0.15, 0.2) is 0 Å². The maximum Gasteiger partial charge on any atom is 0.0898 e. The van der Waals surface area contributed by atoms with Gasteiger partial charge >= 0.3 is 0 Å². The van der Waals surface area contributed by atoms with Gasteiger partial charge in [0.25, 0.3) is 0 Å². The first-order valence-electron chi connectivity index (χ1n) is 6.50. The third-order valence-corrected chi connectivity index (χ3v) is 4.65. The number of nitrogens with zero attached hydrogens (tertiary/aromatic N) is 2. The summed E-state index contributed by atoms with van der Waals surface area (Å²) in [5.41, 5.74) is 3.40. The van der Waals surface area contributed by atoms with Gasteiger partial charge in [0.05, 0.1) is 29.4 Å². The van der Waals surface area contributed by atoms with E-state index in [-0.39, 0.29) is 12.1 Å². The van der Waals surface area contributed by atoms with Crippen LogP contribution in [-0.2, 0) is 13.0 Å². The third kappa shape index (κ3) is 2.15. The molecule has 3 rings (SSSR count). The first-order valence-corrected chi connectivity index (χ1v) is 7.38. The molecular formula is C15H18N2OS. The van der Waals surface area contributed by atoms with Crippen LogP contribution in [0, 0.1) is 6.92 Å². The summed E-state index contributed by atoms with van der Waals surface area (Å²) in [4.78, 5) is 6.83. The number of para-hydroxylation sites is 1. The predicted molar refractivity (Wildman–Crippen MR) is 78.7 cm³/mol. The lowest BCUT2D eigenvalue weighted by atomic mass is 9.98. The van der Waals surface area contributed by atoms with E-state index in [2.05, 4.69) is 46.5 Å². The quantitative estimate of drug-likeness (QED) is 0.935. The number of aryl methyl sites for hydroxylation is 1. The fourth-order valence-corrected chi connectivity index (χ4v) is 3.38. The molecule has 0 bridgehead atoms. The smallest absolute Gasteiger partial charge is 0.0898 e. The minimum absolute atomic E-state index is 0.158. The maximum atomic E-state index is 9.79. The molecule has 1 aromatic heterocycles. The molecule has 0 spiro atoms. The molecule has 2 heterocycles. The van der Waals surface area contributed by atoms with E-state index in [9.17, 15) is 5.11 Å².